The molecule has 28 heavy (non-hydrogen) atoms. The zero-order chi connectivity index (χ0) is 20.3. The van der Waals surface area contributed by atoms with Crippen molar-refractivity contribution >= 4 is 50.5 Å². The summed E-state index contributed by atoms with van der Waals surface area (Å²) in [5, 5.41) is 3.16. The highest BCUT2D eigenvalue weighted by molar-refractivity contribution is 7.92. The number of anilines is 2. The maximum atomic E-state index is 12.9. The number of carbonyl (C=O) groups is 1. The molecule has 0 spiro atoms. The summed E-state index contributed by atoms with van der Waals surface area (Å²) in [6, 6.07) is 15.0. The minimum Gasteiger partial charge on any atom is -0.322 e. The van der Waals surface area contributed by atoms with E-state index in [-0.39, 0.29) is 21.2 Å². The van der Waals surface area contributed by atoms with Gasteiger partial charge in [0.2, 0.25) is 0 Å². The average Bonchev–Trinajstić information content (AvgIpc) is 2.65. The summed E-state index contributed by atoms with van der Waals surface area (Å²) >= 11 is 11.8. The van der Waals surface area contributed by atoms with Crippen LogP contribution in [0, 0.1) is 5.82 Å². The number of benzene rings is 3. The molecule has 2 N–H and O–H groups in total. The quantitative estimate of drug-likeness (QED) is 0.575. The molecule has 0 aliphatic heterocycles. The van der Waals surface area contributed by atoms with E-state index < -0.39 is 21.7 Å². The van der Waals surface area contributed by atoms with E-state index in [1.165, 1.54) is 66.7 Å². The molecule has 0 aliphatic rings. The molecular weight excluding hydrogens is 426 g/mol. The Morgan fingerprint density at radius 2 is 1.54 bits per heavy atom. The lowest BCUT2D eigenvalue weighted by Gasteiger charge is -2.11. The summed E-state index contributed by atoms with van der Waals surface area (Å²) in [5.41, 5.74) is 0.856. The van der Waals surface area contributed by atoms with Crippen molar-refractivity contribution in [3.8, 4) is 0 Å². The number of hydrogen-bond acceptors (Lipinski definition) is 3. The van der Waals surface area contributed by atoms with Crippen molar-refractivity contribution in [2.75, 3.05) is 10.0 Å². The minimum absolute atomic E-state index is 0.0155. The van der Waals surface area contributed by atoms with Crippen LogP contribution in [0.3, 0.4) is 0 Å². The molecule has 0 aromatic heterocycles. The molecule has 0 bridgehead atoms. The Kier molecular flexibility index (Phi) is 5.88. The standard InChI is InChI=1S/C19H13Cl2FN2O3S/c20-13-3-10-18(17(21)11-13)24-28(26,27)16-8-6-15(7-9-16)23-19(25)12-1-4-14(22)5-2-12/h1-11,24H,(H,23,25). The van der Waals surface area contributed by atoms with Gasteiger partial charge in [-0.1, -0.05) is 23.2 Å². The molecule has 0 saturated carbocycles. The van der Waals surface area contributed by atoms with Crippen LogP contribution in [0.5, 0.6) is 0 Å². The van der Waals surface area contributed by atoms with Crippen LogP contribution in [0.2, 0.25) is 10.0 Å². The van der Waals surface area contributed by atoms with Crippen molar-refractivity contribution in [1.82, 2.24) is 0 Å². The molecule has 0 atom stereocenters. The van der Waals surface area contributed by atoms with Gasteiger partial charge in [-0.15, -0.1) is 0 Å². The third-order valence-electron chi connectivity index (χ3n) is 3.70. The Bertz CT molecular complexity index is 1120. The van der Waals surface area contributed by atoms with Crippen LogP contribution in [0.15, 0.2) is 71.6 Å². The van der Waals surface area contributed by atoms with Crippen molar-refractivity contribution < 1.29 is 17.6 Å². The lowest BCUT2D eigenvalue weighted by atomic mass is 10.2. The lowest BCUT2D eigenvalue weighted by Crippen LogP contribution is -2.14. The first-order valence-corrected chi connectivity index (χ1v) is 10.1. The molecule has 0 fully saturated rings. The Morgan fingerprint density at radius 3 is 2.14 bits per heavy atom. The maximum absolute atomic E-state index is 12.9. The van der Waals surface area contributed by atoms with Gasteiger partial charge in [0.1, 0.15) is 5.82 Å². The fourth-order valence-electron chi connectivity index (χ4n) is 2.30. The highest BCUT2D eigenvalue weighted by atomic mass is 35.5. The zero-order valence-corrected chi connectivity index (χ0v) is 16.4. The Balaban J connectivity index is 1.74. The molecular formula is C19H13Cl2FN2O3S. The molecule has 3 aromatic rings. The fraction of sp³-hybridized carbons (Fsp3) is 0. The Labute approximate surface area is 171 Å². The SMILES string of the molecule is O=C(Nc1ccc(S(=O)(=O)Nc2ccc(Cl)cc2Cl)cc1)c1ccc(F)cc1. The van der Waals surface area contributed by atoms with Gasteiger partial charge in [0, 0.05) is 16.3 Å². The van der Waals surface area contributed by atoms with E-state index in [0.29, 0.717) is 10.7 Å². The third-order valence-corrected chi connectivity index (χ3v) is 5.63. The van der Waals surface area contributed by atoms with Crippen LogP contribution in [0.4, 0.5) is 15.8 Å². The molecule has 0 unspecified atom stereocenters. The number of nitrogens with one attached hydrogen (secondary N) is 2. The first-order valence-electron chi connectivity index (χ1n) is 7.89. The fourth-order valence-corrected chi connectivity index (χ4v) is 3.89. The molecule has 0 saturated heterocycles. The number of rotatable bonds is 5. The molecule has 144 valence electrons. The van der Waals surface area contributed by atoms with Crippen LogP contribution in [0.25, 0.3) is 0 Å². The second-order valence-electron chi connectivity index (χ2n) is 5.72. The van der Waals surface area contributed by atoms with Gasteiger partial charge in [0.05, 0.1) is 15.6 Å². The summed E-state index contributed by atoms with van der Waals surface area (Å²) in [7, 11) is -3.88. The van der Waals surface area contributed by atoms with Gasteiger partial charge in [0.25, 0.3) is 15.9 Å². The molecule has 3 rings (SSSR count). The molecule has 0 aliphatic carbocycles. The van der Waals surface area contributed by atoms with Crippen molar-refractivity contribution in [2.24, 2.45) is 0 Å². The predicted octanol–water partition coefficient (Wildman–Crippen LogP) is 5.19. The second kappa shape index (κ2) is 8.18. The predicted molar refractivity (Wildman–Crippen MR) is 108 cm³/mol. The largest absolute Gasteiger partial charge is 0.322 e. The highest BCUT2D eigenvalue weighted by Crippen LogP contribution is 2.28. The number of carbonyl (C=O) groups excluding carboxylic acids is 1. The van der Waals surface area contributed by atoms with Gasteiger partial charge in [-0.3, -0.25) is 9.52 Å². The van der Waals surface area contributed by atoms with Crippen LogP contribution < -0.4 is 10.0 Å². The first-order chi connectivity index (χ1) is 13.2. The molecule has 3 aromatic carbocycles. The van der Waals surface area contributed by atoms with E-state index in [0.717, 1.165) is 0 Å². The van der Waals surface area contributed by atoms with E-state index in [1.807, 2.05) is 0 Å². The normalized spacial score (nSPS) is 11.1. The lowest BCUT2D eigenvalue weighted by molar-refractivity contribution is 0.102. The smallest absolute Gasteiger partial charge is 0.261 e. The summed E-state index contributed by atoms with van der Waals surface area (Å²) < 4.78 is 40.3. The van der Waals surface area contributed by atoms with Gasteiger partial charge < -0.3 is 5.32 Å². The minimum atomic E-state index is -3.88. The summed E-state index contributed by atoms with van der Waals surface area (Å²) in [6.45, 7) is 0. The van der Waals surface area contributed by atoms with Crippen LogP contribution in [-0.2, 0) is 10.0 Å². The zero-order valence-electron chi connectivity index (χ0n) is 14.1. The topological polar surface area (TPSA) is 75.3 Å². The first kappa shape index (κ1) is 20.1. The molecule has 0 radical (unpaired) electrons. The van der Waals surface area contributed by atoms with E-state index in [9.17, 15) is 17.6 Å². The number of sulfonamides is 1. The van der Waals surface area contributed by atoms with E-state index >= 15 is 0 Å². The Morgan fingerprint density at radius 1 is 0.893 bits per heavy atom. The van der Waals surface area contributed by atoms with Crippen molar-refractivity contribution in [3.05, 3.63) is 88.2 Å². The summed E-state index contributed by atoms with van der Waals surface area (Å²) in [6.07, 6.45) is 0. The monoisotopic (exact) mass is 438 g/mol. The van der Waals surface area contributed by atoms with Gasteiger partial charge in [-0.2, -0.15) is 0 Å². The molecule has 0 heterocycles. The van der Waals surface area contributed by atoms with Gasteiger partial charge in [0.15, 0.2) is 0 Å². The van der Waals surface area contributed by atoms with Crippen molar-refractivity contribution in [2.45, 2.75) is 4.90 Å². The number of hydrogen-bond donors (Lipinski definition) is 2. The Hall–Kier alpha value is -2.61. The average molecular weight is 439 g/mol. The van der Waals surface area contributed by atoms with Gasteiger partial charge >= 0.3 is 0 Å². The van der Waals surface area contributed by atoms with Gasteiger partial charge in [-0.05, 0) is 66.7 Å². The van der Waals surface area contributed by atoms with Crippen molar-refractivity contribution in [1.29, 1.82) is 0 Å². The van der Waals surface area contributed by atoms with E-state index in [1.54, 1.807) is 0 Å². The highest BCUT2D eigenvalue weighted by Gasteiger charge is 2.16. The summed E-state index contributed by atoms with van der Waals surface area (Å²) in [5.74, 6) is -0.888. The van der Waals surface area contributed by atoms with Gasteiger partial charge in [-0.25, -0.2) is 12.8 Å². The van der Waals surface area contributed by atoms with E-state index in [2.05, 4.69) is 10.0 Å². The van der Waals surface area contributed by atoms with Crippen molar-refractivity contribution in [3.63, 3.8) is 0 Å². The van der Waals surface area contributed by atoms with Crippen LogP contribution in [-0.4, -0.2) is 14.3 Å². The summed E-state index contributed by atoms with van der Waals surface area (Å²) in [4.78, 5) is 12.1. The van der Waals surface area contributed by atoms with E-state index in [4.69, 9.17) is 23.2 Å². The second-order valence-corrected chi connectivity index (χ2v) is 8.24. The third kappa shape index (κ3) is 4.81. The maximum Gasteiger partial charge on any atom is 0.261 e. The molecule has 5 nitrogen and oxygen atoms in total. The number of halogens is 3. The molecule has 1 amide bonds. The van der Waals surface area contributed by atoms with Crippen LogP contribution in [0.1, 0.15) is 10.4 Å². The van der Waals surface area contributed by atoms with Crippen LogP contribution >= 0.6 is 23.2 Å². The molecule has 9 heteroatoms. The number of amides is 1.